The fourth-order valence-corrected chi connectivity index (χ4v) is 3.61. The van der Waals surface area contributed by atoms with Crippen molar-refractivity contribution in [2.45, 2.75) is 32.5 Å². The summed E-state index contributed by atoms with van der Waals surface area (Å²) in [6.45, 7) is 5.54. The third kappa shape index (κ3) is 4.82. The Morgan fingerprint density at radius 1 is 1.38 bits per heavy atom. The Balaban J connectivity index is 2.02. The number of nitrogens with zero attached hydrogens (tertiary/aromatic N) is 2. The largest absolute Gasteiger partial charge is 0.495 e. The molecule has 1 aromatic carbocycles. The number of carbonyl (C=O) groups is 2. The van der Waals surface area contributed by atoms with E-state index in [9.17, 15) is 9.59 Å². The quantitative estimate of drug-likeness (QED) is 0.690. The first-order chi connectivity index (χ1) is 13.6. The van der Waals surface area contributed by atoms with Crippen LogP contribution in [0.5, 0.6) is 5.75 Å². The summed E-state index contributed by atoms with van der Waals surface area (Å²) in [6, 6.07) is 6.91. The molecule has 1 aliphatic rings. The second-order valence-corrected chi connectivity index (χ2v) is 9.04. The lowest BCUT2D eigenvalue weighted by molar-refractivity contribution is -0.123. The fourth-order valence-electron chi connectivity index (χ4n) is 3.08. The Kier molecular flexibility index (Phi) is 6.05. The number of aromatic nitrogens is 1. The van der Waals surface area contributed by atoms with Crippen molar-refractivity contribution in [3.63, 3.8) is 0 Å². The van der Waals surface area contributed by atoms with Crippen LogP contribution >= 0.6 is 27.5 Å². The molecule has 1 aromatic heterocycles. The minimum absolute atomic E-state index is 0.120. The monoisotopic (exact) mass is 480 g/mol. The molecule has 2 aromatic rings. The zero-order valence-corrected chi connectivity index (χ0v) is 18.9. The number of hydrogen-bond acceptors (Lipinski definition) is 5. The number of amides is 2. The second kappa shape index (κ2) is 8.20. The van der Waals surface area contributed by atoms with Gasteiger partial charge in [-0.25, -0.2) is 4.98 Å². The Labute approximate surface area is 182 Å². The van der Waals surface area contributed by atoms with Gasteiger partial charge in [0, 0.05) is 16.2 Å². The number of hydrogen-bond donors (Lipinski definition) is 2. The predicted octanol–water partition coefficient (Wildman–Crippen LogP) is 3.99. The van der Waals surface area contributed by atoms with Gasteiger partial charge in [0.2, 0.25) is 5.91 Å². The third-order valence-electron chi connectivity index (χ3n) is 4.25. The molecule has 3 rings (SSSR count). The maximum Gasteiger partial charge on any atom is 0.260 e. The molecule has 0 radical (unpaired) electrons. The van der Waals surface area contributed by atoms with E-state index in [2.05, 4.69) is 31.5 Å². The summed E-state index contributed by atoms with van der Waals surface area (Å²) in [5, 5.41) is 6.61. The molecule has 1 atom stereocenters. The summed E-state index contributed by atoms with van der Waals surface area (Å²) in [5.74, 6) is 0.372. The maximum absolute atomic E-state index is 13.3. The van der Waals surface area contributed by atoms with Gasteiger partial charge in [-0.2, -0.15) is 0 Å². The molecule has 9 heteroatoms. The van der Waals surface area contributed by atoms with Gasteiger partial charge in [0.05, 0.1) is 17.7 Å². The molecule has 29 heavy (non-hydrogen) atoms. The summed E-state index contributed by atoms with van der Waals surface area (Å²) in [6.07, 6.45) is 1.00. The predicted molar refractivity (Wildman–Crippen MR) is 115 cm³/mol. The van der Waals surface area contributed by atoms with Gasteiger partial charge >= 0.3 is 0 Å². The lowest BCUT2D eigenvalue weighted by atomic mass is 10.1. The summed E-state index contributed by atoms with van der Waals surface area (Å²) >= 11 is 9.49. The van der Waals surface area contributed by atoms with Gasteiger partial charge in [-0.1, -0.05) is 17.7 Å². The van der Waals surface area contributed by atoms with Crippen LogP contribution in [0.4, 0.5) is 5.82 Å². The van der Waals surface area contributed by atoms with E-state index in [0.717, 1.165) is 5.56 Å². The van der Waals surface area contributed by atoms with E-state index in [0.29, 0.717) is 26.6 Å². The van der Waals surface area contributed by atoms with Crippen LogP contribution in [0.25, 0.3) is 0 Å². The smallest absolute Gasteiger partial charge is 0.260 e. The van der Waals surface area contributed by atoms with E-state index < -0.39 is 11.7 Å². The number of methoxy groups -OCH3 is 1. The minimum atomic E-state index is -0.611. The number of benzene rings is 1. The first-order valence-corrected chi connectivity index (χ1v) is 10.1. The van der Waals surface area contributed by atoms with Gasteiger partial charge in [0.15, 0.2) is 0 Å². The lowest BCUT2D eigenvalue weighted by Crippen LogP contribution is -2.51. The maximum atomic E-state index is 13.3. The molecule has 154 valence electrons. The third-order valence-corrected chi connectivity index (χ3v) is 5.00. The number of fused-ring (bicyclic) bond motifs is 1. The van der Waals surface area contributed by atoms with E-state index in [1.54, 1.807) is 30.5 Å². The van der Waals surface area contributed by atoms with Crippen LogP contribution in [0.3, 0.4) is 0 Å². The molecule has 0 bridgehead atoms. The van der Waals surface area contributed by atoms with Crippen molar-refractivity contribution >= 4 is 45.2 Å². The van der Waals surface area contributed by atoms with Gasteiger partial charge in [0.25, 0.3) is 5.91 Å². The highest BCUT2D eigenvalue weighted by atomic mass is 79.9. The van der Waals surface area contributed by atoms with Crippen LogP contribution in [0.1, 0.15) is 42.9 Å². The Hall–Kier alpha value is -2.32. The van der Waals surface area contributed by atoms with Crippen LogP contribution in [-0.2, 0) is 4.79 Å². The molecule has 7 nitrogen and oxygen atoms in total. The van der Waals surface area contributed by atoms with Gasteiger partial charge in [-0.15, -0.1) is 0 Å². The number of pyridine rings is 1. The first-order valence-electron chi connectivity index (χ1n) is 8.96. The summed E-state index contributed by atoms with van der Waals surface area (Å²) in [5.41, 5.74) is 0.698. The van der Waals surface area contributed by atoms with Crippen molar-refractivity contribution in [2.24, 2.45) is 0 Å². The standard InChI is InChI=1S/C20H22BrClN4O3/c1-20(2,3)25-16(27)10-26-18(11-5-6-14(22)15(7-11)29-4)24-17-13(19(26)28)8-12(21)9-23-17/h5-9,18H,10H2,1-4H3,(H,23,24)(H,25,27). The molecule has 2 N–H and O–H groups in total. The Bertz CT molecular complexity index is 961. The molecular weight excluding hydrogens is 460 g/mol. The van der Waals surface area contributed by atoms with E-state index in [-0.39, 0.29) is 18.4 Å². The van der Waals surface area contributed by atoms with Gasteiger partial charge in [0.1, 0.15) is 24.3 Å². The zero-order chi connectivity index (χ0) is 21.3. The number of nitrogens with one attached hydrogen (secondary N) is 2. The SMILES string of the molecule is COc1cc(C2Nc3ncc(Br)cc3C(=O)N2CC(=O)NC(C)(C)C)ccc1Cl. The van der Waals surface area contributed by atoms with Crippen molar-refractivity contribution in [1.82, 2.24) is 15.2 Å². The second-order valence-electron chi connectivity index (χ2n) is 7.72. The first kappa shape index (κ1) is 21.4. The Morgan fingerprint density at radius 2 is 2.10 bits per heavy atom. The number of rotatable bonds is 4. The van der Waals surface area contributed by atoms with E-state index >= 15 is 0 Å². The molecule has 0 saturated carbocycles. The highest BCUT2D eigenvalue weighted by Crippen LogP contribution is 2.35. The van der Waals surface area contributed by atoms with E-state index in [4.69, 9.17) is 16.3 Å². The van der Waals surface area contributed by atoms with Crippen LogP contribution in [-0.4, -0.2) is 40.9 Å². The van der Waals surface area contributed by atoms with Crippen LogP contribution in [0.2, 0.25) is 5.02 Å². The van der Waals surface area contributed by atoms with Crippen molar-refractivity contribution in [1.29, 1.82) is 0 Å². The van der Waals surface area contributed by atoms with Crippen molar-refractivity contribution in [3.8, 4) is 5.75 Å². The van der Waals surface area contributed by atoms with Crippen LogP contribution < -0.4 is 15.4 Å². The van der Waals surface area contributed by atoms with E-state index in [1.807, 2.05) is 20.8 Å². The van der Waals surface area contributed by atoms with Crippen molar-refractivity contribution in [2.75, 3.05) is 19.0 Å². The molecule has 2 heterocycles. The number of anilines is 1. The molecule has 0 aliphatic carbocycles. The molecular formula is C20H22BrClN4O3. The minimum Gasteiger partial charge on any atom is -0.495 e. The number of carbonyl (C=O) groups excluding carboxylic acids is 2. The fraction of sp³-hybridized carbons (Fsp3) is 0.350. The zero-order valence-electron chi connectivity index (χ0n) is 16.5. The van der Waals surface area contributed by atoms with Crippen molar-refractivity contribution < 1.29 is 14.3 Å². The van der Waals surface area contributed by atoms with Gasteiger partial charge in [-0.05, 0) is 60.5 Å². The Morgan fingerprint density at radius 3 is 2.76 bits per heavy atom. The summed E-state index contributed by atoms with van der Waals surface area (Å²) in [7, 11) is 1.52. The molecule has 0 spiro atoms. The normalized spacial score (nSPS) is 16.1. The molecule has 1 unspecified atom stereocenters. The lowest BCUT2D eigenvalue weighted by Gasteiger charge is -2.37. The van der Waals surface area contributed by atoms with Crippen molar-refractivity contribution in [3.05, 3.63) is 51.1 Å². The average Bonchev–Trinajstić information content (AvgIpc) is 2.63. The van der Waals surface area contributed by atoms with Gasteiger partial charge < -0.3 is 20.3 Å². The highest BCUT2D eigenvalue weighted by molar-refractivity contribution is 9.10. The average molecular weight is 482 g/mol. The number of ether oxygens (including phenoxy) is 1. The van der Waals surface area contributed by atoms with Crippen LogP contribution in [0, 0.1) is 0 Å². The van der Waals surface area contributed by atoms with E-state index in [1.165, 1.54) is 12.0 Å². The summed E-state index contributed by atoms with van der Waals surface area (Å²) in [4.78, 5) is 31.7. The molecule has 0 saturated heterocycles. The molecule has 1 aliphatic heterocycles. The highest BCUT2D eigenvalue weighted by Gasteiger charge is 2.36. The molecule has 2 amide bonds. The summed E-state index contributed by atoms with van der Waals surface area (Å²) < 4.78 is 5.98. The topological polar surface area (TPSA) is 83.6 Å². The molecule has 0 fully saturated rings. The number of halogens is 2. The van der Waals surface area contributed by atoms with Crippen LogP contribution in [0.15, 0.2) is 34.9 Å². The van der Waals surface area contributed by atoms with Gasteiger partial charge in [-0.3, -0.25) is 9.59 Å².